The van der Waals surface area contributed by atoms with E-state index in [-0.39, 0.29) is 35.8 Å². The van der Waals surface area contributed by atoms with Gasteiger partial charge < -0.3 is 20.9 Å². The molecular formula is C19H29BrIN5O2. The summed E-state index contributed by atoms with van der Waals surface area (Å²) in [6.07, 6.45) is 2.56. The fourth-order valence-corrected chi connectivity index (χ4v) is 3.53. The molecule has 1 heterocycles. The number of piperidine rings is 1. The van der Waals surface area contributed by atoms with Crippen LogP contribution in [0.3, 0.4) is 0 Å². The molecule has 1 aliphatic heterocycles. The number of hydrogen-bond acceptors (Lipinski definition) is 3. The quantitative estimate of drug-likeness (QED) is 0.214. The molecule has 9 heteroatoms. The first-order valence-electron chi connectivity index (χ1n) is 9.23. The van der Waals surface area contributed by atoms with Crippen molar-refractivity contribution in [2.45, 2.75) is 19.3 Å². The van der Waals surface area contributed by atoms with Gasteiger partial charge in [-0.05, 0) is 37.0 Å². The number of aliphatic imine (C=N–C) groups is 1. The van der Waals surface area contributed by atoms with E-state index in [2.05, 4.69) is 41.8 Å². The third kappa shape index (κ3) is 7.94. The molecule has 3 N–H and O–H groups in total. The zero-order valence-corrected chi connectivity index (χ0v) is 20.2. The maximum atomic E-state index is 12.1. The van der Waals surface area contributed by atoms with Crippen molar-refractivity contribution in [3.05, 3.63) is 34.3 Å². The van der Waals surface area contributed by atoms with Crippen LogP contribution in [0.25, 0.3) is 0 Å². The van der Waals surface area contributed by atoms with Crippen molar-refractivity contribution in [2.24, 2.45) is 10.9 Å². The predicted octanol–water partition coefficient (Wildman–Crippen LogP) is 2.22. The minimum atomic E-state index is -0.0943. The summed E-state index contributed by atoms with van der Waals surface area (Å²) in [5, 5.41) is 8.89. The van der Waals surface area contributed by atoms with Gasteiger partial charge in [0.15, 0.2) is 5.96 Å². The number of carbonyl (C=O) groups is 2. The summed E-state index contributed by atoms with van der Waals surface area (Å²) in [5.74, 6) is 1.29. The second-order valence-electron chi connectivity index (χ2n) is 6.55. The Hall–Kier alpha value is -1.36. The lowest BCUT2D eigenvalue weighted by molar-refractivity contribution is -0.121. The highest BCUT2D eigenvalue weighted by Crippen LogP contribution is 2.20. The molecular weight excluding hydrogens is 537 g/mol. The van der Waals surface area contributed by atoms with Crippen LogP contribution in [0.5, 0.6) is 0 Å². The van der Waals surface area contributed by atoms with Crippen molar-refractivity contribution in [1.82, 2.24) is 20.9 Å². The molecule has 0 atom stereocenters. The summed E-state index contributed by atoms with van der Waals surface area (Å²) in [7, 11) is 3.44. The molecule has 0 bridgehead atoms. The van der Waals surface area contributed by atoms with Crippen LogP contribution in [-0.4, -0.2) is 62.9 Å². The number of guanidine groups is 1. The molecule has 0 saturated carbocycles. The number of likely N-dealkylation sites (tertiary alicyclic amines) is 1. The monoisotopic (exact) mass is 565 g/mol. The van der Waals surface area contributed by atoms with E-state index in [1.165, 1.54) is 0 Å². The normalized spacial score (nSPS) is 14.8. The first-order valence-corrected chi connectivity index (χ1v) is 10.0. The Morgan fingerprint density at radius 3 is 2.50 bits per heavy atom. The molecule has 0 unspecified atom stereocenters. The van der Waals surface area contributed by atoms with E-state index in [4.69, 9.17) is 0 Å². The Balaban J connectivity index is 0.00000392. The van der Waals surface area contributed by atoms with Crippen LogP contribution >= 0.6 is 39.9 Å². The van der Waals surface area contributed by atoms with Gasteiger partial charge in [0.05, 0.1) is 0 Å². The number of amides is 2. The minimum Gasteiger partial charge on any atom is -0.359 e. The zero-order chi connectivity index (χ0) is 19.6. The van der Waals surface area contributed by atoms with Crippen LogP contribution < -0.4 is 16.0 Å². The lowest BCUT2D eigenvalue weighted by Crippen LogP contribution is -2.47. The van der Waals surface area contributed by atoms with Gasteiger partial charge >= 0.3 is 0 Å². The molecule has 0 aromatic heterocycles. The van der Waals surface area contributed by atoms with Crippen molar-refractivity contribution in [3.8, 4) is 0 Å². The van der Waals surface area contributed by atoms with Gasteiger partial charge in [-0.15, -0.1) is 24.0 Å². The predicted molar refractivity (Wildman–Crippen MR) is 126 cm³/mol. The van der Waals surface area contributed by atoms with Crippen LogP contribution in [0.1, 0.15) is 29.6 Å². The standard InChI is InChI=1S/C19H28BrN5O2.HI/c1-21-17(26)12-14-6-10-25(11-7-14)19(22-2)24-9-8-23-18(27)15-4-3-5-16(20)13-15;/h3-5,13-14H,6-12H2,1-2H3,(H,21,26)(H,22,24)(H,23,27);1H. The van der Waals surface area contributed by atoms with Gasteiger partial charge in [0.25, 0.3) is 5.91 Å². The van der Waals surface area contributed by atoms with E-state index in [0.717, 1.165) is 36.4 Å². The summed E-state index contributed by atoms with van der Waals surface area (Å²) in [6.45, 7) is 2.87. The summed E-state index contributed by atoms with van der Waals surface area (Å²) in [4.78, 5) is 30.2. The Labute approximate surface area is 192 Å². The molecule has 1 fully saturated rings. The van der Waals surface area contributed by atoms with Crippen LogP contribution in [0, 0.1) is 5.92 Å². The van der Waals surface area contributed by atoms with Crippen LogP contribution in [0.2, 0.25) is 0 Å². The second-order valence-corrected chi connectivity index (χ2v) is 7.46. The van der Waals surface area contributed by atoms with Gasteiger partial charge in [-0.1, -0.05) is 22.0 Å². The number of nitrogens with one attached hydrogen (secondary N) is 3. The number of nitrogens with zero attached hydrogens (tertiary/aromatic N) is 2. The third-order valence-corrected chi connectivity index (χ3v) is 5.15. The molecule has 1 saturated heterocycles. The van der Waals surface area contributed by atoms with E-state index in [9.17, 15) is 9.59 Å². The van der Waals surface area contributed by atoms with E-state index in [1.54, 1.807) is 26.2 Å². The molecule has 2 rings (SSSR count). The maximum Gasteiger partial charge on any atom is 0.251 e. The lowest BCUT2D eigenvalue weighted by Gasteiger charge is -2.34. The number of halogens is 2. The van der Waals surface area contributed by atoms with E-state index in [0.29, 0.717) is 31.0 Å². The van der Waals surface area contributed by atoms with Gasteiger partial charge in [-0.25, -0.2) is 0 Å². The highest BCUT2D eigenvalue weighted by molar-refractivity contribution is 14.0. The highest BCUT2D eigenvalue weighted by atomic mass is 127. The molecule has 0 radical (unpaired) electrons. The molecule has 1 aromatic rings. The van der Waals surface area contributed by atoms with Gasteiger partial charge in [0, 0.05) is 56.7 Å². The van der Waals surface area contributed by atoms with Crippen LogP contribution in [-0.2, 0) is 4.79 Å². The summed E-state index contributed by atoms with van der Waals surface area (Å²) in [5.41, 5.74) is 0.631. The van der Waals surface area contributed by atoms with E-state index in [1.807, 2.05) is 12.1 Å². The van der Waals surface area contributed by atoms with Gasteiger partial charge in [-0.2, -0.15) is 0 Å². The first-order chi connectivity index (χ1) is 13.0. The van der Waals surface area contributed by atoms with Gasteiger partial charge in [0.1, 0.15) is 0 Å². The summed E-state index contributed by atoms with van der Waals surface area (Å²) >= 11 is 3.37. The number of carbonyl (C=O) groups excluding carboxylic acids is 2. The van der Waals surface area contributed by atoms with Crippen molar-refractivity contribution in [2.75, 3.05) is 40.3 Å². The zero-order valence-electron chi connectivity index (χ0n) is 16.3. The third-order valence-electron chi connectivity index (χ3n) is 4.66. The van der Waals surface area contributed by atoms with Crippen molar-refractivity contribution in [3.63, 3.8) is 0 Å². The number of hydrogen-bond donors (Lipinski definition) is 3. The minimum absolute atomic E-state index is 0. The Morgan fingerprint density at radius 1 is 1.21 bits per heavy atom. The highest BCUT2D eigenvalue weighted by Gasteiger charge is 2.22. The lowest BCUT2D eigenvalue weighted by atomic mass is 9.93. The number of rotatable bonds is 6. The molecule has 7 nitrogen and oxygen atoms in total. The molecule has 1 aromatic carbocycles. The largest absolute Gasteiger partial charge is 0.359 e. The average Bonchev–Trinajstić information content (AvgIpc) is 2.68. The smallest absolute Gasteiger partial charge is 0.251 e. The van der Waals surface area contributed by atoms with Crippen molar-refractivity contribution in [1.29, 1.82) is 0 Å². The summed E-state index contributed by atoms with van der Waals surface area (Å²) < 4.78 is 0.883. The second kappa shape index (κ2) is 13.0. The maximum absolute atomic E-state index is 12.1. The molecule has 0 spiro atoms. The van der Waals surface area contributed by atoms with Crippen molar-refractivity contribution >= 4 is 57.7 Å². The Bertz CT molecular complexity index is 678. The van der Waals surface area contributed by atoms with E-state index >= 15 is 0 Å². The van der Waals surface area contributed by atoms with Crippen LogP contribution in [0.4, 0.5) is 0 Å². The number of benzene rings is 1. The molecule has 156 valence electrons. The van der Waals surface area contributed by atoms with Gasteiger partial charge in [0.2, 0.25) is 5.91 Å². The molecule has 2 amide bonds. The molecule has 0 aliphatic carbocycles. The molecule has 28 heavy (non-hydrogen) atoms. The Morgan fingerprint density at radius 2 is 1.89 bits per heavy atom. The summed E-state index contributed by atoms with van der Waals surface area (Å²) in [6, 6.07) is 7.31. The van der Waals surface area contributed by atoms with Crippen LogP contribution in [0.15, 0.2) is 33.7 Å². The fraction of sp³-hybridized carbons (Fsp3) is 0.526. The SMILES string of the molecule is CN=C(NCCNC(=O)c1cccc(Br)c1)N1CCC(CC(=O)NC)CC1.I. The molecule has 1 aliphatic rings. The Kier molecular flexibility index (Phi) is 11.4. The van der Waals surface area contributed by atoms with E-state index < -0.39 is 0 Å². The van der Waals surface area contributed by atoms with Crippen molar-refractivity contribution < 1.29 is 9.59 Å². The fourth-order valence-electron chi connectivity index (χ4n) is 3.13. The van der Waals surface area contributed by atoms with Gasteiger partial charge in [-0.3, -0.25) is 14.6 Å². The average molecular weight is 566 g/mol. The topological polar surface area (TPSA) is 85.8 Å². The first kappa shape index (κ1) is 24.7.